The summed E-state index contributed by atoms with van der Waals surface area (Å²) in [6.45, 7) is 0. The smallest absolute Gasteiger partial charge is 0.306 e. The molecule has 0 amide bonds. The third-order valence-corrected chi connectivity index (χ3v) is 5.26. The van der Waals surface area contributed by atoms with Gasteiger partial charge in [0.1, 0.15) is 10.6 Å². The van der Waals surface area contributed by atoms with Crippen molar-refractivity contribution in [3.05, 3.63) is 22.7 Å². The van der Waals surface area contributed by atoms with Crippen LogP contribution in [0.3, 0.4) is 0 Å². The number of halogens is 1. The standard InChI is InChI=1S/C12H14BrNO5S/c1-19-10-3-2-8(13)6-11(10)20(17,18)14-9-4-7(5-9)12(15)16/h2-3,6-7,9,14H,4-5H2,1H3,(H,15,16). The van der Waals surface area contributed by atoms with Crippen LogP contribution in [-0.2, 0) is 14.8 Å². The van der Waals surface area contributed by atoms with Gasteiger partial charge >= 0.3 is 5.97 Å². The fourth-order valence-electron chi connectivity index (χ4n) is 2.06. The molecule has 0 unspecified atom stereocenters. The van der Waals surface area contributed by atoms with E-state index in [0.29, 0.717) is 17.3 Å². The average molecular weight is 364 g/mol. The van der Waals surface area contributed by atoms with Crippen LogP contribution in [0.5, 0.6) is 5.75 Å². The van der Waals surface area contributed by atoms with E-state index in [4.69, 9.17) is 9.84 Å². The van der Waals surface area contributed by atoms with Crippen LogP contribution < -0.4 is 9.46 Å². The number of hydrogen-bond acceptors (Lipinski definition) is 4. The van der Waals surface area contributed by atoms with Gasteiger partial charge in [-0.1, -0.05) is 15.9 Å². The summed E-state index contributed by atoms with van der Waals surface area (Å²) in [6.07, 6.45) is 0.621. The molecule has 0 heterocycles. The summed E-state index contributed by atoms with van der Waals surface area (Å²) in [7, 11) is -2.34. The highest BCUT2D eigenvalue weighted by molar-refractivity contribution is 9.10. The minimum atomic E-state index is -3.73. The molecular weight excluding hydrogens is 350 g/mol. The lowest BCUT2D eigenvalue weighted by atomic mass is 9.81. The molecular formula is C12H14BrNO5S. The molecule has 1 aliphatic rings. The van der Waals surface area contributed by atoms with Crippen LogP contribution in [0, 0.1) is 5.92 Å². The molecule has 0 saturated heterocycles. The molecule has 20 heavy (non-hydrogen) atoms. The molecule has 8 heteroatoms. The number of carbonyl (C=O) groups is 1. The van der Waals surface area contributed by atoms with E-state index >= 15 is 0 Å². The predicted octanol–water partition coefficient (Wildman–Crippen LogP) is 1.60. The summed E-state index contributed by atoms with van der Waals surface area (Å²) >= 11 is 3.22. The first kappa shape index (κ1) is 15.3. The molecule has 6 nitrogen and oxygen atoms in total. The normalized spacial score (nSPS) is 22.1. The number of methoxy groups -OCH3 is 1. The van der Waals surface area contributed by atoms with Crippen molar-refractivity contribution in [2.24, 2.45) is 5.92 Å². The van der Waals surface area contributed by atoms with E-state index in [0.717, 1.165) is 0 Å². The molecule has 0 radical (unpaired) electrons. The van der Waals surface area contributed by atoms with Crippen LogP contribution in [0.4, 0.5) is 0 Å². The Balaban J connectivity index is 2.16. The van der Waals surface area contributed by atoms with Gasteiger partial charge in [-0.15, -0.1) is 0 Å². The molecule has 0 atom stereocenters. The number of benzene rings is 1. The lowest BCUT2D eigenvalue weighted by Gasteiger charge is -2.32. The number of sulfonamides is 1. The van der Waals surface area contributed by atoms with E-state index in [1.165, 1.54) is 13.2 Å². The molecule has 1 fully saturated rings. The van der Waals surface area contributed by atoms with Crippen LogP contribution in [0.25, 0.3) is 0 Å². The topological polar surface area (TPSA) is 92.7 Å². The number of aliphatic carboxylic acids is 1. The summed E-state index contributed by atoms with van der Waals surface area (Å²) < 4.78 is 32.7. The minimum Gasteiger partial charge on any atom is -0.495 e. The van der Waals surface area contributed by atoms with Crippen molar-refractivity contribution in [3.8, 4) is 5.75 Å². The number of nitrogens with one attached hydrogen (secondary N) is 1. The van der Waals surface area contributed by atoms with Gasteiger partial charge in [0, 0.05) is 10.5 Å². The van der Waals surface area contributed by atoms with Crippen molar-refractivity contribution in [1.82, 2.24) is 4.72 Å². The maximum Gasteiger partial charge on any atom is 0.306 e. The number of carboxylic acid groups (broad SMARTS) is 1. The van der Waals surface area contributed by atoms with Crippen molar-refractivity contribution >= 4 is 31.9 Å². The van der Waals surface area contributed by atoms with E-state index < -0.39 is 21.9 Å². The zero-order valence-corrected chi connectivity index (χ0v) is 13.1. The third-order valence-electron chi connectivity index (χ3n) is 3.22. The Kier molecular flexibility index (Phi) is 4.36. The van der Waals surface area contributed by atoms with Gasteiger partial charge in [-0.25, -0.2) is 13.1 Å². The van der Waals surface area contributed by atoms with Crippen LogP contribution >= 0.6 is 15.9 Å². The highest BCUT2D eigenvalue weighted by Crippen LogP contribution is 2.31. The Morgan fingerprint density at radius 3 is 2.65 bits per heavy atom. The fourth-order valence-corrected chi connectivity index (χ4v) is 4.03. The maximum absolute atomic E-state index is 12.3. The summed E-state index contributed by atoms with van der Waals surface area (Å²) in [5.74, 6) is -1.11. The Labute approximate surface area is 125 Å². The maximum atomic E-state index is 12.3. The minimum absolute atomic E-state index is 0.0353. The molecule has 110 valence electrons. The van der Waals surface area contributed by atoms with Crippen molar-refractivity contribution in [2.45, 2.75) is 23.8 Å². The van der Waals surface area contributed by atoms with Crippen molar-refractivity contribution < 1.29 is 23.1 Å². The second-order valence-electron chi connectivity index (χ2n) is 4.62. The molecule has 2 rings (SSSR count). The van der Waals surface area contributed by atoms with Gasteiger partial charge in [-0.3, -0.25) is 4.79 Å². The van der Waals surface area contributed by atoms with Gasteiger partial charge in [0.25, 0.3) is 0 Å². The highest BCUT2D eigenvalue weighted by Gasteiger charge is 2.37. The first-order chi connectivity index (χ1) is 9.33. The van der Waals surface area contributed by atoms with Gasteiger partial charge < -0.3 is 9.84 Å². The molecule has 1 aromatic carbocycles. The van der Waals surface area contributed by atoms with E-state index in [1.54, 1.807) is 12.1 Å². The summed E-state index contributed by atoms with van der Waals surface area (Å²) in [6, 6.07) is 4.35. The average Bonchev–Trinajstić information content (AvgIpc) is 2.33. The number of ether oxygens (including phenoxy) is 1. The number of carboxylic acids is 1. The van der Waals surface area contributed by atoms with Crippen LogP contribution in [0.15, 0.2) is 27.6 Å². The van der Waals surface area contributed by atoms with Crippen LogP contribution in [0.1, 0.15) is 12.8 Å². The van der Waals surface area contributed by atoms with Gasteiger partial charge in [-0.2, -0.15) is 0 Å². The predicted molar refractivity (Wildman–Crippen MR) is 75.2 cm³/mol. The quantitative estimate of drug-likeness (QED) is 0.828. The Morgan fingerprint density at radius 1 is 1.45 bits per heavy atom. The van der Waals surface area contributed by atoms with Gasteiger partial charge in [0.05, 0.1) is 13.0 Å². The van der Waals surface area contributed by atoms with E-state index in [2.05, 4.69) is 20.7 Å². The summed E-state index contributed by atoms with van der Waals surface area (Å²) in [5, 5.41) is 8.78. The Morgan fingerprint density at radius 2 is 2.10 bits per heavy atom. The SMILES string of the molecule is COc1ccc(Br)cc1S(=O)(=O)NC1CC(C(=O)O)C1. The van der Waals surface area contributed by atoms with Crippen LogP contribution in [-0.4, -0.2) is 32.6 Å². The molecule has 0 aromatic heterocycles. The van der Waals surface area contributed by atoms with Gasteiger partial charge in [0.2, 0.25) is 10.0 Å². The second kappa shape index (κ2) is 5.71. The molecule has 0 bridgehead atoms. The molecule has 1 aromatic rings. The van der Waals surface area contributed by atoms with Crippen LogP contribution in [0.2, 0.25) is 0 Å². The van der Waals surface area contributed by atoms with E-state index in [-0.39, 0.29) is 16.7 Å². The number of hydrogen-bond donors (Lipinski definition) is 2. The number of rotatable bonds is 5. The zero-order chi connectivity index (χ0) is 14.9. The monoisotopic (exact) mass is 363 g/mol. The highest BCUT2D eigenvalue weighted by atomic mass is 79.9. The summed E-state index contributed by atoms with van der Waals surface area (Å²) in [5.41, 5.74) is 0. The Hall–Kier alpha value is -1.12. The van der Waals surface area contributed by atoms with Gasteiger partial charge in [-0.05, 0) is 31.0 Å². The second-order valence-corrected chi connectivity index (χ2v) is 7.22. The Bertz CT molecular complexity index is 625. The largest absolute Gasteiger partial charge is 0.495 e. The first-order valence-electron chi connectivity index (χ1n) is 5.92. The van der Waals surface area contributed by atoms with Gasteiger partial charge in [0.15, 0.2) is 0 Å². The zero-order valence-electron chi connectivity index (χ0n) is 10.7. The van der Waals surface area contributed by atoms with E-state index in [1.807, 2.05) is 0 Å². The lowest BCUT2D eigenvalue weighted by molar-refractivity contribution is -0.145. The molecule has 1 aliphatic carbocycles. The fraction of sp³-hybridized carbons (Fsp3) is 0.417. The van der Waals surface area contributed by atoms with Crippen molar-refractivity contribution in [3.63, 3.8) is 0 Å². The molecule has 0 aliphatic heterocycles. The lowest BCUT2D eigenvalue weighted by Crippen LogP contribution is -2.46. The van der Waals surface area contributed by atoms with Crippen molar-refractivity contribution in [2.75, 3.05) is 7.11 Å². The summed E-state index contributed by atoms with van der Waals surface area (Å²) in [4.78, 5) is 10.7. The first-order valence-corrected chi connectivity index (χ1v) is 8.20. The third kappa shape index (κ3) is 3.13. The molecule has 2 N–H and O–H groups in total. The van der Waals surface area contributed by atoms with Crippen molar-refractivity contribution in [1.29, 1.82) is 0 Å². The van der Waals surface area contributed by atoms with E-state index in [9.17, 15) is 13.2 Å². The molecule has 0 spiro atoms. The molecule has 1 saturated carbocycles.